The number of carboxylic acids is 1. The van der Waals surface area contributed by atoms with Gasteiger partial charge in [-0.1, -0.05) is 6.07 Å². The van der Waals surface area contributed by atoms with E-state index in [2.05, 4.69) is 5.32 Å². The summed E-state index contributed by atoms with van der Waals surface area (Å²) >= 11 is 1.68. The molecule has 0 fully saturated rings. The van der Waals surface area contributed by atoms with Gasteiger partial charge >= 0.3 is 5.97 Å². The zero-order chi connectivity index (χ0) is 10.4. The maximum absolute atomic E-state index is 10.4. The maximum atomic E-state index is 10.4. The third-order valence-corrected chi connectivity index (χ3v) is 2.71. The van der Waals surface area contributed by atoms with Crippen molar-refractivity contribution in [1.82, 2.24) is 5.32 Å². The maximum Gasteiger partial charge on any atom is 0.320 e. The van der Waals surface area contributed by atoms with Crippen LogP contribution < -0.4 is 11.1 Å². The molecule has 0 aliphatic rings. The van der Waals surface area contributed by atoms with E-state index in [9.17, 15) is 4.79 Å². The van der Waals surface area contributed by atoms with Gasteiger partial charge in [-0.15, -0.1) is 11.3 Å². The Kier molecular flexibility index (Phi) is 4.58. The molecule has 0 radical (unpaired) electrons. The summed E-state index contributed by atoms with van der Waals surface area (Å²) in [6.07, 6.45) is 0.459. The van der Waals surface area contributed by atoms with Crippen molar-refractivity contribution in [1.29, 1.82) is 0 Å². The topological polar surface area (TPSA) is 75.3 Å². The summed E-state index contributed by atoms with van der Waals surface area (Å²) in [5, 5.41) is 13.7. The van der Waals surface area contributed by atoms with E-state index >= 15 is 0 Å². The zero-order valence-electron chi connectivity index (χ0n) is 7.77. The fourth-order valence-corrected chi connectivity index (χ4v) is 1.68. The first-order valence-corrected chi connectivity index (χ1v) is 5.29. The van der Waals surface area contributed by atoms with Gasteiger partial charge in [-0.05, 0) is 24.4 Å². The van der Waals surface area contributed by atoms with Crippen LogP contribution in [0, 0.1) is 0 Å². The molecule has 0 spiro atoms. The molecule has 1 atom stereocenters. The first kappa shape index (κ1) is 11.2. The Labute approximate surface area is 86.7 Å². The Bertz CT molecular complexity index is 274. The van der Waals surface area contributed by atoms with Gasteiger partial charge in [-0.2, -0.15) is 0 Å². The minimum Gasteiger partial charge on any atom is -0.480 e. The van der Waals surface area contributed by atoms with Crippen LogP contribution in [0.15, 0.2) is 17.5 Å². The lowest BCUT2D eigenvalue weighted by atomic mass is 10.2. The summed E-state index contributed by atoms with van der Waals surface area (Å²) in [5.74, 6) is -0.942. The summed E-state index contributed by atoms with van der Waals surface area (Å²) in [5.41, 5.74) is 5.34. The molecule has 78 valence electrons. The van der Waals surface area contributed by atoms with Crippen LogP contribution in [0.5, 0.6) is 0 Å². The molecular formula is C9H14N2O2S. The second-order valence-corrected chi connectivity index (χ2v) is 4.02. The van der Waals surface area contributed by atoms with E-state index in [1.54, 1.807) is 11.3 Å². The Morgan fingerprint density at radius 2 is 2.50 bits per heavy atom. The number of carbonyl (C=O) groups is 1. The molecule has 1 heterocycles. The molecule has 0 aliphatic carbocycles. The van der Waals surface area contributed by atoms with E-state index in [1.807, 2.05) is 17.5 Å². The minimum atomic E-state index is -0.942. The van der Waals surface area contributed by atoms with Crippen molar-refractivity contribution >= 4 is 17.3 Å². The molecule has 4 nitrogen and oxygen atoms in total. The highest BCUT2D eigenvalue weighted by Crippen LogP contribution is 2.07. The van der Waals surface area contributed by atoms with E-state index in [0.717, 1.165) is 6.54 Å². The second kappa shape index (κ2) is 5.74. The molecule has 0 aromatic carbocycles. The highest BCUT2D eigenvalue weighted by atomic mass is 32.1. The number of hydrogen-bond acceptors (Lipinski definition) is 4. The monoisotopic (exact) mass is 214 g/mol. The molecule has 14 heavy (non-hydrogen) atoms. The lowest BCUT2D eigenvalue weighted by molar-refractivity contribution is -0.138. The molecule has 1 aromatic rings. The lowest BCUT2D eigenvalue weighted by Crippen LogP contribution is -2.33. The van der Waals surface area contributed by atoms with Crippen LogP contribution in [0.4, 0.5) is 0 Å². The predicted molar refractivity (Wildman–Crippen MR) is 56.3 cm³/mol. The van der Waals surface area contributed by atoms with Crippen molar-refractivity contribution in [2.24, 2.45) is 5.73 Å². The molecule has 0 aliphatic heterocycles. The number of rotatable bonds is 6. The van der Waals surface area contributed by atoms with Crippen molar-refractivity contribution in [3.8, 4) is 0 Å². The van der Waals surface area contributed by atoms with Crippen LogP contribution in [0.1, 0.15) is 11.3 Å². The van der Waals surface area contributed by atoms with Crippen molar-refractivity contribution in [3.05, 3.63) is 22.4 Å². The van der Waals surface area contributed by atoms with Gasteiger partial charge < -0.3 is 16.2 Å². The average Bonchev–Trinajstić information content (AvgIpc) is 2.64. The van der Waals surface area contributed by atoms with Crippen molar-refractivity contribution in [2.45, 2.75) is 19.0 Å². The van der Waals surface area contributed by atoms with Crippen LogP contribution in [0.25, 0.3) is 0 Å². The van der Waals surface area contributed by atoms with E-state index in [-0.39, 0.29) is 0 Å². The van der Waals surface area contributed by atoms with Crippen LogP contribution in [-0.2, 0) is 11.3 Å². The molecule has 5 heteroatoms. The summed E-state index contributed by atoms with van der Waals surface area (Å²) < 4.78 is 0. The first-order chi connectivity index (χ1) is 6.70. The quantitative estimate of drug-likeness (QED) is 0.607. The lowest BCUT2D eigenvalue weighted by Gasteiger charge is -2.06. The van der Waals surface area contributed by atoms with Crippen LogP contribution in [0.3, 0.4) is 0 Å². The summed E-state index contributed by atoms with van der Waals surface area (Å²) in [6, 6.07) is 3.27. The molecule has 4 N–H and O–H groups in total. The summed E-state index contributed by atoms with van der Waals surface area (Å²) in [6.45, 7) is 1.41. The van der Waals surface area contributed by atoms with E-state index in [1.165, 1.54) is 4.88 Å². The standard InChI is InChI=1S/C9H14N2O2S/c10-8(9(12)13)3-4-11-6-7-2-1-5-14-7/h1-2,5,8,11H,3-4,6,10H2,(H,12,13). The normalized spacial score (nSPS) is 12.6. The van der Waals surface area contributed by atoms with E-state index in [4.69, 9.17) is 10.8 Å². The van der Waals surface area contributed by atoms with Gasteiger partial charge in [0, 0.05) is 11.4 Å². The summed E-state index contributed by atoms with van der Waals surface area (Å²) in [4.78, 5) is 11.6. The number of hydrogen-bond donors (Lipinski definition) is 3. The molecule has 1 unspecified atom stereocenters. The Morgan fingerprint density at radius 1 is 1.71 bits per heavy atom. The van der Waals surface area contributed by atoms with Crippen molar-refractivity contribution in [3.63, 3.8) is 0 Å². The number of aliphatic carboxylic acids is 1. The van der Waals surface area contributed by atoms with Gasteiger partial charge in [0.25, 0.3) is 0 Å². The fourth-order valence-electron chi connectivity index (χ4n) is 1.01. The largest absolute Gasteiger partial charge is 0.480 e. The molecule has 0 saturated carbocycles. The molecular weight excluding hydrogens is 200 g/mol. The van der Waals surface area contributed by atoms with E-state index in [0.29, 0.717) is 13.0 Å². The smallest absolute Gasteiger partial charge is 0.320 e. The van der Waals surface area contributed by atoms with Gasteiger partial charge in [0.2, 0.25) is 0 Å². The zero-order valence-corrected chi connectivity index (χ0v) is 8.59. The highest BCUT2D eigenvalue weighted by molar-refractivity contribution is 7.09. The fraction of sp³-hybridized carbons (Fsp3) is 0.444. The van der Waals surface area contributed by atoms with Crippen molar-refractivity contribution in [2.75, 3.05) is 6.54 Å². The Morgan fingerprint density at radius 3 is 3.07 bits per heavy atom. The molecule has 0 saturated heterocycles. The van der Waals surface area contributed by atoms with Gasteiger partial charge in [0.15, 0.2) is 0 Å². The van der Waals surface area contributed by atoms with Crippen LogP contribution in [0.2, 0.25) is 0 Å². The van der Waals surface area contributed by atoms with Gasteiger partial charge in [0.1, 0.15) is 6.04 Å². The molecule has 0 amide bonds. The SMILES string of the molecule is NC(CCNCc1cccs1)C(=O)O. The minimum absolute atomic E-state index is 0.459. The molecule has 1 rings (SSSR count). The van der Waals surface area contributed by atoms with Gasteiger partial charge in [-0.25, -0.2) is 0 Å². The highest BCUT2D eigenvalue weighted by Gasteiger charge is 2.09. The second-order valence-electron chi connectivity index (χ2n) is 2.99. The Hall–Kier alpha value is -0.910. The third-order valence-electron chi connectivity index (χ3n) is 1.83. The number of nitrogens with two attached hydrogens (primary N) is 1. The molecule has 1 aromatic heterocycles. The third kappa shape index (κ3) is 3.87. The van der Waals surface area contributed by atoms with Gasteiger partial charge in [0.05, 0.1) is 0 Å². The van der Waals surface area contributed by atoms with Crippen LogP contribution in [-0.4, -0.2) is 23.7 Å². The average molecular weight is 214 g/mol. The number of carboxylic acid groups (broad SMARTS) is 1. The van der Waals surface area contributed by atoms with E-state index < -0.39 is 12.0 Å². The first-order valence-electron chi connectivity index (χ1n) is 4.41. The van der Waals surface area contributed by atoms with Crippen molar-refractivity contribution < 1.29 is 9.90 Å². The number of thiophene rings is 1. The summed E-state index contributed by atoms with van der Waals surface area (Å²) in [7, 11) is 0. The molecule has 0 bridgehead atoms. The predicted octanol–water partition coefficient (Wildman–Crippen LogP) is 0.640. The van der Waals surface area contributed by atoms with Crippen LogP contribution >= 0.6 is 11.3 Å². The number of nitrogens with one attached hydrogen (secondary N) is 1. The van der Waals surface area contributed by atoms with Gasteiger partial charge in [-0.3, -0.25) is 4.79 Å². The Balaban J connectivity index is 2.08.